The number of halogens is 1. The topological polar surface area (TPSA) is 71.4 Å². The van der Waals surface area contributed by atoms with Gasteiger partial charge in [0.25, 0.3) is 0 Å². The molecule has 0 spiro atoms. The van der Waals surface area contributed by atoms with Crippen LogP contribution in [0.4, 0.5) is 0 Å². The second kappa shape index (κ2) is 4.27. The number of hydrogen-bond acceptors (Lipinski definition) is 3. The van der Waals surface area contributed by atoms with Crippen molar-refractivity contribution in [1.82, 2.24) is 0 Å². The molecule has 0 saturated heterocycles. The molecule has 0 amide bonds. The first kappa shape index (κ1) is 10.3. The van der Waals surface area contributed by atoms with Gasteiger partial charge >= 0.3 is 0 Å². The van der Waals surface area contributed by atoms with Crippen LogP contribution in [0, 0.1) is 0 Å². The van der Waals surface area contributed by atoms with Crippen LogP contribution in [0.15, 0.2) is 0 Å². The Kier molecular flexibility index (Phi) is 4.42. The first-order chi connectivity index (χ1) is 4.42. The molecule has 0 rings (SSSR count). The molecule has 7 heteroatoms. The normalized spacial score (nSPS) is 15.0. The van der Waals surface area contributed by atoms with E-state index in [1.165, 1.54) is 0 Å². The van der Waals surface area contributed by atoms with Crippen molar-refractivity contribution in [3.05, 3.63) is 0 Å². The minimum absolute atomic E-state index is 0.0497. The highest BCUT2D eigenvalue weighted by molar-refractivity contribution is 8.13. The lowest BCUT2D eigenvalue weighted by Crippen LogP contribution is -2.03. The maximum Gasteiger partial charge on any atom is 0.232 e. The van der Waals surface area contributed by atoms with Gasteiger partial charge in [-0.2, -0.15) is 0 Å². The van der Waals surface area contributed by atoms with E-state index < -0.39 is 20.1 Å². The first-order valence-electron chi connectivity index (χ1n) is 2.41. The fraction of sp³-hybridized carbons (Fsp3) is 1.00. The van der Waals surface area contributed by atoms with Crippen molar-refractivity contribution in [1.29, 1.82) is 0 Å². The first-order valence-corrected chi connectivity index (χ1v) is 6.17. The van der Waals surface area contributed by atoms with Crippen LogP contribution in [0.3, 0.4) is 0 Å². The van der Waals surface area contributed by atoms with Gasteiger partial charge in [-0.1, -0.05) is 0 Å². The standard InChI is InChI=1S/C3H7ClO4S2/c4-10(7,8)3-1-2-9(5)6/h1-3H2,(H,5,6). The molecule has 0 aliphatic heterocycles. The van der Waals surface area contributed by atoms with Gasteiger partial charge < -0.3 is 4.55 Å². The Morgan fingerprint density at radius 3 is 2.30 bits per heavy atom. The molecule has 0 bridgehead atoms. The van der Waals surface area contributed by atoms with Crippen LogP contribution < -0.4 is 0 Å². The summed E-state index contributed by atoms with van der Waals surface area (Å²) in [4.78, 5) is 0. The maximum absolute atomic E-state index is 10.2. The summed E-state index contributed by atoms with van der Waals surface area (Å²) >= 11 is -1.92. The van der Waals surface area contributed by atoms with E-state index in [-0.39, 0.29) is 17.9 Å². The van der Waals surface area contributed by atoms with Crippen LogP contribution >= 0.6 is 10.7 Å². The Bertz CT molecular complexity index is 209. The second-order valence-corrected chi connectivity index (χ2v) is 5.57. The molecule has 0 radical (unpaired) electrons. The van der Waals surface area contributed by atoms with E-state index in [1.54, 1.807) is 0 Å². The lowest BCUT2D eigenvalue weighted by atomic mass is 10.6. The fourth-order valence-electron chi connectivity index (χ4n) is 0.355. The largest absolute Gasteiger partial charge is 0.306 e. The molecule has 0 aromatic carbocycles. The quantitative estimate of drug-likeness (QED) is 0.526. The van der Waals surface area contributed by atoms with Gasteiger partial charge in [-0.25, -0.2) is 12.6 Å². The molecule has 10 heavy (non-hydrogen) atoms. The Balaban J connectivity index is 3.49. The lowest BCUT2D eigenvalue weighted by molar-refractivity contribution is 0.563. The molecule has 0 heterocycles. The second-order valence-electron chi connectivity index (χ2n) is 1.62. The molecule has 0 aromatic heterocycles. The van der Waals surface area contributed by atoms with Crippen molar-refractivity contribution in [2.24, 2.45) is 0 Å². The summed E-state index contributed by atoms with van der Waals surface area (Å²) in [5.74, 6) is -0.299. The molecule has 1 unspecified atom stereocenters. The zero-order valence-electron chi connectivity index (χ0n) is 4.99. The van der Waals surface area contributed by atoms with Crippen LogP contribution in [0.2, 0.25) is 0 Å². The SMILES string of the molecule is O=S(O)CCCS(=O)(=O)Cl. The minimum atomic E-state index is -3.49. The third kappa shape index (κ3) is 8.35. The summed E-state index contributed by atoms with van der Waals surface area (Å²) in [5.41, 5.74) is 0. The predicted molar refractivity (Wildman–Crippen MR) is 39.9 cm³/mol. The highest BCUT2D eigenvalue weighted by Crippen LogP contribution is 1.98. The van der Waals surface area contributed by atoms with Gasteiger partial charge in [0.05, 0.1) is 11.5 Å². The van der Waals surface area contributed by atoms with Crippen LogP contribution in [0.25, 0.3) is 0 Å². The molecule has 0 aromatic rings. The summed E-state index contributed by atoms with van der Waals surface area (Å²) in [6.07, 6.45) is 0.120. The Morgan fingerprint density at radius 2 is 2.00 bits per heavy atom. The molecular formula is C3H7ClO4S2. The van der Waals surface area contributed by atoms with Crippen molar-refractivity contribution in [3.8, 4) is 0 Å². The molecule has 4 nitrogen and oxygen atoms in total. The fourth-order valence-corrected chi connectivity index (χ4v) is 1.75. The zero-order chi connectivity index (χ0) is 8.20. The Morgan fingerprint density at radius 1 is 1.50 bits per heavy atom. The molecule has 1 atom stereocenters. The minimum Gasteiger partial charge on any atom is -0.306 e. The van der Waals surface area contributed by atoms with Gasteiger partial charge in [-0.3, -0.25) is 0 Å². The van der Waals surface area contributed by atoms with Crippen molar-refractivity contribution in [2.45, 2.75) is 6.42 Å². The Labute approximate surface area is 66.3 Å². The summed E-state index contributed by atoms with van der Waals surface area (Å²) in [6, 6.07) is 0. The third-order valence-electron chi connectivity index (χ3n) is 0.707. The third-order valence-corrected chi connectivity index (χ3v) is 2.58. The van der Waals surface area contributed by atoms with Gasteiger partial charge in [0.1, 0.15) is 0 Å². The number of rotatable bonds is 4. The van der Waals surface area contributed by atoms with Gasteiger partial charge in [0.2, 0.25) is 9.05 Å². The van der Waals surface area contributed by atoms with Crippen LogP contribution in [0.1, 0.15) is 6.42 Å². The molecular weight excluding hydrogens is 200 g/mol. The molecule has 0 fully saturated rings. The summed E-state index contributed by atoms with van der Waals surface area (Å²) in [5, 5.41) is 0. The maximum atomic E-state index is 10.2. The summed E-state index contributed by atoms with van der Waals surface area (Å²) in [7, 11) is 1.32. The van der Waals surface area contributed by atoms with Crippen molar-refractivity contribution >= 4 is 30.8 Å². The van der Waals surface area contributed by atoms with Gasteiger partial charge in [-0.15, -0.1) is 0 Å². The molecule has 62 valence electrons. The highest BCUT2D eigenvalue weighted by atomic mass is 35.7. The van der Waals surface area contributed by atoms with Crippen molar-refractivity contribution in [2.75, 3.05) is 11.5 Å². The van der Waals surface area contributed by atoms with Crippen LogP contribution in [-0.4, -0.2) is 28.7 Å². The molecule has 0 aliphatic rings. The highest BCUT2D eigenvalue weighted by Gasteiger charge is 2.04. The van der Waals surface area contributed by atoms with E-state index in [4.69, 9.17) is 15.2 Å². The van der Waals surface area contributed by atoms with Crippen LogP contribution in [0.5, 0.6) is 0 Å². The molecule has 0 saturated carbocycles. The zero-order valence-corrected chi connectivity index (χ0v) is 7.38. The van der Waals surface area contributed by atoms with E-state index in [2.05, 4.69) is 0 Å². The van der Waals surface area contributed by atoms with Gasteiger partial charge in [0, 0.05) is 10.7 Å². The molecule has 1 N–H and O–H groups in total. The lowest BCUT2D eigenvalue weighted by Gasteiger charge is -1.91. The van der Waals surface area contributed by atoms with Crippen molar-refractivity contribution < 1.29 is 17.2 Å². The predicted octanol–water partition coefficient (Wildman–Crippen LogP) is 0.167. The smallest absolute Gasteiger partial charge is 0.232 e. The average Bonchev–Trinajstić information content (AvgIpc) is 1.59. The van der Waals surface area contributed by atoms with Gasteiger partial charge in [0.15, 0.2) is 11.1 Å². The van der Waals surface area contributed by atoms with E-state index in [0.717, 1.165) is 0 Å². The monoisotopic (exact) mass is 206 g/mol. The summed E-state index contributed by atoms with van der Waals surface area (Å²) < 4.78 is 38.5. The molecule has 0 aliphatic carbocycles. The van der Waals surface area contributed by atoms with E-state index in [1.807, 2.05) is 0 Å². The van der Waals surface area contributed by atoms with E-state index >= 15 is 0 Å². The van der Waals surface area contributed by atoms with Gasteiger partial charge in [-0.05, 0) is 6.42 Å². The van der Waals surface area contributed by atoms with Crippen molar-refractivity contribution in [3.63, 3.8) is 0 Å². The number of hydrogen-bond donors (Lipinski definition) is 1. The van der Waals surface area contributed by atoms with E-state index in [0.29, 0.717) is 0 Å². The van der Waals surface area contributed by atoms with Crippen LogP contribution in [-0.2, 0) is 20.1 Å². The summed E-state index contributed by atoms with van der Waals surface area (Å²) in [6.45, 7) is 0. The van der Waals surface area contributed by atoms with E-state index in [9.17, 15) is 12.6 Å². The average molecular weight is 207 g/mol. The Hall–Kier alpha value is 0.350.